The van der Waals surface area contributed by atoms with Gasteiger partial charge in [0.1, 0.15) is 5.82 Å². The quantitative estimate of drug-likeness (QED) is 0.846. The molecule has 0 aromatic heterocycles. The molecule has 0 heterocycles. The molecular formula is C16H23BrFNO. The van der Waals surface area contributed by atoms with E-state index in [1.807, 2.05) is 0 Å². The molecule has 4 heteroatoms. The van der Waals surface area contributed by atoms with Gasteiger partial charge in [0.15, 0.2) is 0 Å². The molecule has 1 aromatic carbocycles. The Bertz CT molecular complexity index is 444. The molecule has 2 nitrogen and oxygen atoms in total. The van der Waals surface area contributed by atoms with Crippen LogP contribution in [0.3, 0.4) is 0 Å². The lowest BCUT2D eigenvalue weighted by Gasteiger charge is -2.36. The van der Waals surface area contributed by atoms with Crippen molar-refractivity contribution in [3.05, 3.63) is 34.1 Å². The maximum Gasteiger partial charge on any atom is 0.137 e. The van der Waals surface area contributed by atoms with Crippen molar-refractivity contribution in [2.75, 3.05) is 6.54 Å². The topological polar surface area (TPSA) is 32.3 Å². The molecule has 2 N–H and O–H groups in total. The third-order valence-corrected chi connectivity index (χ3v) is 4.99. The van der Waals surface area contributed by atoms with Gasteiger partial charge in [0, 0.05) is 13.1 Å². The van der Waals surface area contributed by atoms with Crippen LogP contribution < -0.4 is 5.32 Å². The van der Waals surface area contributed by atoms with E-state index >= 15 is 0 Å². The molecule has 1 aromatic rings. The van der Waals surface area contributed by atoms with Crippen LogP contribution in [0.25, 0.3) is 0 Å². The van der Waals surface area contributed by atoms with Crippen LogP contribution in [0.15, 0.2) is 22.7 Å². The second-order valence-corrected chi connectivity index (χ2v) is 6.78. The Hall–Kier alpha value is -0.450. The van der Waals surface area contributed by atoms with E-state index in [4.69, 9.17) is 0 Å². The van der Waals surface area contributed by atoms with E-state index in [0.717, 1.165) is 37.2 Å². The highest BCUT2D eigenvalue weighted by atomic mass is 79.9. The van der Waals surface area contributed by atoms with Gasteiger partial charge in [-0.3, -0.25) is 0 Å². The molecule has 0 aliphatic heterocycles. The van der Waals surface area contributed by atoms with E-state index in [9.17, 15) is 9.50 Å². The summed E-state index contributed by atoms with van der Waals surface area (Å²) < 4.78 is 13.6. The molecule has 0 unspecified atom stereocenters. The van der Waals surface area contributed by atoms with Gasteiger partial charge >= 0.3 is 0 Å². The summed E-state index contributed by atoms with van der Waals surface area (Å²) in [5.74, 6) is 0.536. The van der Waals surface area contributed by atoms with Crippen LogP contribution in [-0.4, -0.2) is 17.3 Å². The highest BCUT2D eigenvalue weighted by Gasteiger charge is 2.31. The summed E-state index contributed by atoms with van der Waals surface area (Å²) in [5.41, 5.74) is 0.451. The summed E-state index contributed by atoms with van der Waals surface area (Å²) >= 11 is 3.19. The summed E-state index contributed by atoms with van der Waals surface area (Å²) in [6.45, 7) is 3.48. The first-order valence-corrected chi connectivity index (χ1v) is 8.19. The number of halogens is 2. The third-order valence-electron chi connectivity index (χ3n) is 4.38. The molecule has 0 radical (unpaired) electrons. The van der Waals surface area contributed by atoms with Crippen LogP contribution in [0, 0.1) is 11.7 Å². The molecule has 112 valence electrons. The summed E-state index contributed by atoms with van der Waals surface area (Å²) in [5, 5.41) is 13.8. The molecular weight excluding hydrogens is 321 g/mol. The average Bonchev–Trinajstić information content (AvgIpc) is 2.44. The Morgan fingerprint density at radius 1 is 1.40 bits per heavy atom. The molecule has 1 saturated carbocycles. The zero-order chi connectivity index (χ0) is 14.6. The summed E-state index contributed by atoms with van der Waals surface area (Å²) in [6.07, 6.45) is 5.22. The molecule has 0 atom stereocenters. The summed E-state index contributed by atoms with van der Waals surface area (Å²) in [6, 6.07) is 5.01. The van der Waals surface area contributed by atoms with Gasteiger partial charge in [-0.2, -0.15) is 0 Å². The van der Waals surface area contributed by atoms with Gasteiger partial charge in [-0.1, -0.05) is 19.4 Å². The highest BCUT2D eigenvalue weighted by molar-refractivity contribution is 9.10. The van der Waals surface area contributed by atoms with Crippen LogP contribution in [-0.2, 0) is 6.54 Å². The lowest BCUT2D eigenvalue weighted by molar-refractivity contribution is -0.00881. The van der Waals surface area contributed by atoms with E-state index in [1.165, 1.54) is 12.5 Å². The van der Waals surface area contributed by atoms with Gasteiger partial charge in [0.05, 0.1) is 10.1 Å². The van der Waals surface area contributed by atoms with Gasteiger partial charge < -0.3 is 10.4 Å². The van der Waals surface area contributed by atoms with Gasteiger partial charge in [0.2, 0.25) is 0 Å². The minimum Gasteiger partial charge on any atom is -0.389 e. The smallest absolute Gasteiger partial charge is 0.137 e. The second kappa shape index (κ2) is 7.01. The SMILES string of the molecule is CCC1CCC(O)(CNCc2ccc(F)c(Br)c2)CC1. The minimum atomic E-state index is -0.567. The lowest BCUT2D eigenvalue weighted by Crippen LogP contribution is -2.43. The molecule has 0 bridgehead atoms. The standard InChI is InChI=1S/C16H23BrFNO/c1-2-12-5-7-16(20,8-6-12)11-19-10-13-3-4-15(18)14(17)9-13/h3-4,9,12,19-20H,2,5-8,10-11H2,1H3. The second-order valence-electron chi connectivity index (χ2n) is 5.93. The fourth-order valence-corrected chi connectivity index (χ4v) is 3.32. The summed E-state index contributed by atoms with van der Waals surface area (Å²) in [4.78, 5) is 0. The minimum absolute atomic E-state index is 0.245. The van der Waals surface area contributed by atoms with Crippen LogP contribution in [0.4, 0.5) is 4.39 Å². The number of hydrogen-bond donors (Lipinski definition) is 2. The molecule has 0 saturated heterocycles. The normalized spacial score (nSPS) is 26.7. The van der Waals surface area contributed by atoms with Crippen LogP contribution in [0.5, 0.6) is 0 Å². The van der Waals surface area contributed by atoms with Crippen molar-refractivity contribution >= 4 is 15.9 Å². The Balaban J connectivity index is 1.79. The monoisotopic (exact) mass is 343 g/mol. The van der Waals surface area contributed by atoms with E-state index < -0.39 is 5.60 Å². The average molecular weight is 344 g/mol. The van der Waals surface area contributed by atoms with Crippen molar-refractivity contribution in [3.63, 3.8) is 0 Å². The van der Waals surface area contributed by atoms with Crippen molar-refractivity contribution in [1.29, 1.82) is 0 Å². The van der Waals surface area contributed by atoms with Crippen molar-refractivity contribution < 1.29 is 9.50 Å². The van der Waals surface area contributed by atoms with Crippen molar-refractivity contribution in [1.82, 2.24) is 5.32 Å². The van der Waals surface area contributed by atoms with Gasteiger partial charge in [-0.15, -0.1) is 0 Å². The molecule has 1 fully saturated rings. The van der Waals surface area contributed by atoms with E-state index in [-0.39, 0.29) is 5.82 Å². The maximum atomic E-state index is 13.1. The number of benzene rings is 1. The van der Waals surface area contributed by atoms with Crippen LogP contribution in [0.1, 0.15) is 44.6 Å². The van der Waals surface area contributed by atoms with E-state index in [1.54, 1.807) is 12.1 Å². The zero-order valence-electron chi connectivity index (χ0n) is 12.0. The number of hydrogen-bond acceptors (Lipinski definition) is 2. The summed E-state index contributed by atoms with van der Waals surface area (Å²) in [7, 11) is 0. The Morgan fingerprint density at radius 2 is 2.10 bits per heavy atom. The first-order chi connectivity index (χ1) is 9.52. The lowest BCUT2D eigenvalue weighted by atomic mass is 9.78. The van der Waals surface area contributed by atoms with Crippen LogP contribution >= 0.6 is 15.9 Å². The van der Waals surface area contributed by atoms with Gasteiger partial charge in [-0.05, 0) is 65.2 Å². The Morgan fingerprint density at radius 3 is 2.70 bits per heavy atom. The Labute approximate surface area is 128 Å². The Kier molecular flexibility index (Phi) is 5.58. The predicted octanol–water partition coefficient (Wildman–Crippen LogP) is 4.01. The number of aliphatic hydroxyl groups is 1. The number of rotatable bonds is 5. The number of nitrogens with one attached hydrogen (secondary N) is 1. The molecule has 20 heavy (non-hydrogen) atoms. The molecule has 1 aliphatic rings. The first kappa shape index (κ1) is 15.9. The van der Waals surface area contributed by atoms with E-state index in [2.05, 4.69) is 28.2 Å². The molecule has 2 rings (SSSR count). The zero-order valence-corrected chi connectivity index (χ0v) is 13.5. The third kappa shape index (κ3) is 4.27. The first-order valence-electron chi connectivity index (χ1n) is 7.39. The van der Waals surface area contributed by atoms with Crippen molar-refractivity contribution in [2.45, 2.75) is 51.2 Å². The largest absolute Gasteiger partial charge is 0.389 e. The molecule has 1 aliphatic carbocycles. The molecule has 0 spiro atoms. The maximum absolute atomic E-state index is 13.1. The van der Waals surface area contributed by atoms with Crippen molar-refractivity contribution in [2.24, 2.45) is 5.92 Å². The fraction of sp³-hybridized carbons (Fsp3) is 0.625. The predicted molar refractivity (Wildman–Crippen MR) is 83.0 cm³/mol. The van der Waals surface area contributed by atoms with Gasteiger partial charge in [0.25, 0.3) is 0 Å². The van der Waals surface area contributed by atoms with Gasteiger partial charge in [-0.25, -0.2) is 4.39 Å². The molecule has 0 amide bonds. The van der Waals surface area contributed by atoms with Crippen LogP contribution in [0.2, 0.25) is 0 Å². The highest BCUT2D eigenvalue weighted by Crippen LogP contribution is 2.33. The van der Waals surface area contributed by atoms with Crippen molar-refractivity contribution in [3.8, 4) is 0 Å². The van der Waals surface area contributed by atoms with E-state index in [0.29, 0.717) is 17.6 Å². The fourth-order valence-electron chi connectivity index (χ4n) is 2.89.